The Bertz CT molecular complexity index is 382. The Morgan fingerprint density at radius 2 is 1.75 bits per heavy atom. The largest absolute Gasteiger partial charge is 0.494 e. The Hall–Kier alpha value is -1.84. The summed E-state index contributed by atoms with van der Waals surface area (Å²) in [6.45, 7) is 2.46. The second-order valence-electron chi connectivity index (χ2n) is 3.49. The summed E-state index contributed by atoms with van der Waals surface area (Å²) in [5, 5.41) is 0. The van der Waals surface area contributed by atoms with Gasteiger partial charge in [0.25, 0.3) is 5.91 Å². The summed E-state index contributed by atoms with van der Waals surface area (Å²) >= 11 is 0. The smallest absolute Gasteiger partial charge is 0.294 e. The van der Waals surface area contributed by atoms with Crippen molar-refractivity contribution in [3.8, 4) is 5.75 Å². The predicted molar refractivity (Wildman–Crippen MR) is 60.6 cm³/mol. The monoisotopic (exact) mass is 221 g/mol. The van der Waals surface area contributed by atoms with Gasteiger partial charge in [-0.25, -0.2) is 0 Å². The summed E-state index contributed by atoms with van der Waals surface area (Å²) in [4.78, 5) is 24.3. The minimum Gasteiger partial charge on any atom is -0.494 e. The molecule has 0 fully saturated rings. The Morgan fingerprint density at radius 3 is 2.19 bits per heavy atom. The normalized spacial score (nSPS) is 9.69. The van der Waals surface area contributed by atoms with Gasteiger partial charge in [-0.05, 0) is 31.2 Å². The van der Waals surface area contributed by atoms with Gasteiger partial charge < -0.3 is 9.64 Å². The van der Waals surface area contributed by atoms with Gasteiger partial charge in [-0.15, -0.1) is 0 Å². The minimum absolute atomic E-state index is 0.377. The van der Waals surface area contributed by atoms with Crippen molar-refractivity contribution in [2.24, 2.45) is 0 Å². The highest BCUT2D eigenvalue weighted by Crippen LogP contribution is 2.12. The highest BCUT2D eigenvalue weighted by atomic mass is 16.5. The molecule has 1 aromatic carbocycles. The van der Waals surface area contributed by atoms with Gasteiger partial charge in [0.15, 0.2) is 0 Å². The fourth-order valence-corrected chi connectivity index (χ4v) is 1.20. The lowest BCUT2D eigenvalue weighted by Gasteiger charge is -2.09. The molecule has 4 nitrogen and oxygen atoms in total. The second kappa shape index (κ2) is 5.30. The fourth-order valence-electron chi connectivity index (χ4n) is 1.20. The average molecular weight is 221 g/mol. The van der Waals surface area contributed by atoms with E-state index in [1.807, 2.05) is 6.92 Å². The van der Waals surface area contributed by atoms with Crippen molar-refractivity contribution in [3.63, 3.8) is 0 Å². The van der Waals surface area contributed by atoms with E-state index in [1.165, 1.54) is 4.90 Å². The van der Waals surface area contributed by atoms with Gasteiger partial charge >= 0.3 is 0 Å². The summed E-state index contributed by atoms with van der Waals surface area (Å²) in [5.41, 5.74) is 0.377. The maximum Gasteiger partial charge on any atom is 0.294 e. The van der Waals surface area contributed by atoms with Gasteiger partial charge in [-0.3, -0.25) is 9.59 Å². The summed E-state index contributed by atoms with van der Waals surface area (Å²) < 4.78 is 5.24. The third kappa shape index (κ3) is 2.82. The fraction of sp³-hybridized carbons (Fsp3) is 0.333. The molecule has 1 amide bonds. The van der Waals surface area contributed by atoms with Crippen molar-refractivity contribution in [2.75, 3.05) is 20.7 Å². The van der Waals surface area contributed by atoms with Crippen LogP contribution in [0.2, 0.25) is 0 Å². The Balaban J connectivity index is 2.81. The van der Waals surface area contributed by atoms with E-state index in [1.54, 1.807) is 38.4 Å². The van der Waals surface area contributed by atoms with E-state index in [2.05, 4.69) is 0 Å². The molecule has 0 aliphatic heterocycles. The second-order valence-corrected chi connectivity index (χ2v) is 3.49. The topological polar surface area (TPSA) is 46.6 Å². The molecule has 1 rings (SSSR count). The van der Waals surface area contributed by atoms with Gasteiger partial charge in [-0.1, -0.05) is 0 Å². The number of ketones is 1. The number of nitrogens with zero attached hydrogens (tertiary/aromatic N) is 1. The molecule has 16 heavy (non-hydrogen) atoms. The summed E-state index contributed by atoms with van der Waals surface area (Å²) in [7, 11) is 3.10. The third-order valence-electron chi connectivity index (χ3n) is 2.03. The van der Waals surface area contributed by atoms with Crippen molar-refractivity contribution in [1.29, 1.82) is 0 Å². The van der Waals surface area contributed by atoms with Gasteiger partial charge in [-0.2, -0.15) is 0 Å². The average Bonchev–Trinajstić information content (AvgIpc) is 2.28. The number of amides is 1. The highest BCUT2D eigenvalue weighted by molar-refractivity contribution is 6.42. The van der Waals surface area contributed by atoms with Crippen LogP contribution in [0.25, 0.3) is 0 Å². The van der Waals surface area contributed by atoms with Gasteiger partial charge in [0, 0.05) is 19.7 Å². The molecule has 1 aromatic rings. The van der Waals surface area contributed by atoms with Crippen molar-refractivity contribution < 1.29 is 14.3 Å². The molecular formula is C12H15NO3. The molecule has 0 spiro atoms. The number of carbonyl (C=O) groups is 2. The predicted octanol–water partition coefficient (Wildman–Crippen LogP) is 1.36. The molecule has 0 heterocycles. The third-order valence-corrected chi connectivity index (χ3v) is 2.03. The number of hydrogen-bond donors (Lipinski definition) is 0. The van der Waals surface area contributed by atoms with Crippen LogP contribution in [0.15, 0.2) is 24.3 Å². The van der Waals surface area contributed by atoms with E-state index in [0.29, 0.717) is 17.9 Å². The molecule has 0 saturated carbocycles. The number of rotatable bonds is 4. The zero-order chi connectivity index (χ0) is 12.1. The van der Waals surface area contributed by atoms with Gasteiger partial charge in [0.05, 0.1) is 6.61 Å². The molecular weight excluding hydrogens is 206 g/mol. The Labute approximate surface area is 94.8 Å². The number of benzene rings is 1. The van der Waals surface area contributed by atoms with Crippen LogP contribution in [0, 0.1) is 0 Å². The highest BCUT2D eigenvalue weighted by Gasteiger charge is 2.17. The van der Waals surface area contributed by atoms with Gasteiger partial charge in [0.1, 0.15) is 5.75 Å². The van der Waals surface area contributed by atoms with Gasteiger partial charge in [0.2, 0.25) is 5.78 Å². The zero-order valence-electron chi connectivity index (χ0n) is 9.69. The molecule has 0 saturated heterocycles. The minimum atomic E-state index is -0.524. The number of ether oxygens (including phenoxy) is 1. The van der Waals surface area contributed by atoms with E-state index in [0.717, 1.165) is 0 Å². The standard InChI is InChI=1S/C12H15NO3/c1-4-16-10-7-5-9(6-8-10)11(14)12(15)13(2)3/h5-8H,4H2,1-3H3. The maximum absolute atomic E-state index is 11.6. The number of Topliss-reactive ketones (excluding diaryl/α,β-unsaturated/α-hetero) is 1. The van der Waals surface area contributed by atoms with Crippen LogP contribution in [0.5, 0.6) is 5.75 Å². The van der Waals surface area contributed by atoms with Crippen molar-refractivity contribution in [3.05, 3.63) is 29.8 Å². The lowest BCUT2D eigenvalue weighted by molar-refractivity contribution is -0.124. The van der Waals surface area contributed by atoms with E-state index < -0.39 is 11.7 Å². The molecule has 0 aliphatic rings. The molecule has 0 aliphatic carbocycles. The van der Waals surface area contributed by atoms with Crippen molar-refractivity contribution >= 4 is 11.7 Å². The van der Waals surface area contributed by atoms with E-state index >= 15 is 0 Å². The summed E-state index contributed by atoms with van der Waals surface area (Å²) in [6, 6.07) is 6.54. The lowest BCUT2D eigenvalue weighted by atomic mass is 10.1. The van der Waals surface area contributed by atoms with Crippen LogP contribution < -0.4 is 4.74 Å². The first-order chi connectivity index (χ1) is 7.56. The van der Waals surface area contributed by atoms with Crippen molar-refractivity contribution in [1.82, 2.24) is 4.90 Å². The molecule has 0 aromatic heterocycles. The van der Waals surface area contributed by atoms with Crippen LogP contribution >= 0.6 is 0 Å². The van der Waals surface area contributed by atoms with Crippen LogP contribution in [0.1, 0.15) is 17.3 Å². The molecule has 86 valence electrons. The van der Waals surface area contributed by atoms with E-state index in [4.69, 9.17) is 4.74 Å². The molecule has 0 atom stereocenters. The Kier molecular flexibility index (Phi) is 4.05. The van der Waals surface area contributed by atoms with E-state index in [-0.39, 0.29) is 0 Å². The first-order valence-electron chi connectivity index (χ1n) is 5.05. The Morgan fingerprint density at radius 1 is 1.19 bits per heavy atom. The number of carbonyl (C=O) groups excluding carboxylic acids is 2. The number of hydrogen-bond acceptors (Lipinski definition) is 3. The molecule has 0 radical (unpaired) electrons. The first-order valence-corrected chi connectivity index (χ1v) is 5.05. The molecule has 0 unspecified atom stereocenters. The quantitative estimate of drug-likeness (QED) is 0.569. The molecule has 4 heteroatoms. The summed E-state index contributed by atoms with van der Waals surface area (Å²) in [6.07, 6.45) is 0. The molecule has 0 N–H and O–H groups in total. The van der Waals surface area contributed by atoms with Crippen LogP contribution in [-0.2, 0) is 4.79 Å². The lowest BCUT2D eigenvalue weighted by Crippen LogP contribution is -2.29. The SMILES string of the molecule is CCOc1ccc(C(=O)C(=O)N(C)C)cc1. The molecule has 0 bridgehead atoms. The van der Waals surface area contributed by atoms with Crippen LogP contribution in [-0.4, -0.2) is 37.3 Å². The summed E-state index contributed by atoms with van der Waals surface area (Å²) in [5.74, 6) is -0.339. The van der Waals surface area contributed by atoms with Crippen LogP contribution in [0.4, 0.5) is 0 Å². The number of likely N-dealkylation sites (N-methyl/N-ethyl adjacent to an activating group) is 1. The maximum atomic E-state index is 11.6. The van der Waals surface area contributed by atoms with E-state index in [9.17, 15) is 9.59 Å². The first kappa shape index (κ1) is 12.2. The zero-order valence-corrected chi connectivity index (χ0v) is 9.69. The van der Waals surface area contributed by atoms with Crippen LogP contribution in [0.3, 0.4) is 0 Å². The van der Waals surface area contributed by atoms with Crippen molar-refractivity contribution in [2.45, 2.75) is 6.92 Å².